The summed E-state index contributed by atoms with van der Waals surface area (Å²) >= 11 is 1.60. The molecule has 0 bridgehead atoms. The Morgan fingerprint density at radius 3 is 2.88 bits per heavy atom. The molecule has 3 aromatic heterocycles. The summed E-state index contributed by atoms with van der Waals surface area (Å²) in [6, 6.07) is 7.31. The Kier molecular flexibility index (Phi) is 2.38. The number of nitrogens with two attached hydrogens (primary N) is 1. The fourth-order valence-corrected chi connectivity index (χ4v) is 2.31. The molecule has 2 N–H and O–H groups in total. The summed E-state index contributed by atoms with van der Waals surface area (Å²) in [6.07, 6.45) is 3.34. The van der Waals surface area contributed by atoms with Crippen LogP contribution in [0.4, 0.5) is 5.82 Å². The lowest BCUT2D eigenvalue weighted by molar-refractivity contribution is 0.486. The van der Waals surface area contributed by atoms with Crippen LogP contribution in [-0.2, 0) is 0 Å². The van der Waals surface area contributed by atoms with Gasteiger partial charge in [0.25, 0.3) is 0 Å². The zero-order valence-electron chi connectivity index (χ0n) is 8.83. The summed E-state index contributed by atoms with van der Waals surface area (Å²) in [7, 11) is 0. The minimum atomic E-state index is 0.480. The second-order valence-electron chi connectivity index (χ2n) is 3.46. The average Bonchev–Trinajstić information content (AvgIpc) is 2.81. The van der Waals surface area contributed by atoms with E-state index in [0.717, 1.165) is 16.0 Å². The Morgan fingerprint density at radius 2 is 2.06 bits per heavy atom. The van der Waals surface area contributed by atoms with E-state index in [4.69, 9.17) is 10.5 Å². The lowest BCUT2D eigenvalue weighted by Crippen LogP contribution is -1.90. The quantitative estimate of drug-likeness (QED) is 0.751. The highest BCUT2D eigenvalue weighted by atomic mass is 32.1. The summed E-state index contributed by atoms with van der Waals surface area (Å²) in [6.45, 7) is 0. The fraction of sp³-hybridized carbons (Fsp3) is 0. The number of rotatable bonds is 2. The molecule has 0 atom stereocenters. The van der Waals surface area contributed by atoms with Gasteiger partial charge in [0.05, 0.1) is 16.4 Å². The molecule has 0 aliphatic heterocycles. The summed E-state index contributed by atoms with van der Waals surface area (Å²) in [4.78, 5) is 8.24. The van der Waals surface area contributed by atoms with Crippen LogP contribution in [0.2, 0.25) is 0 Å². The van der Waals surface area contributed by atoms with Crippen molar-refractivity contribution < 1.29 is 4.74 Å². The fourth-order valence-electron chi connectivity index (χ4n) is 1.51. The van der Waals surface area contributed by atoms with Crippen molar-refractivity contribution in [1.82, 2.24) is 9.97 Å². The minimum absolute atomic E-state index is 0.480. The molecular weight excluding hydrogens is 234 g/mol. The van der Waals surface area contributed by atoms with Gasteiger partial charge in [0, 0.05) is 12.3 Å². The van der Waals surface area contributed by atoms with Crippen molar-refractivity contribution in [3.63, 3.8) is 0 Å². The highest BCUT2D eigenvalue weighted by Gasteiger charge is 2.05. The number of fused-ring (bicyclic) bond motifs is 1. The molecule has 17 heavy (non-hydrogen) atoms. The summed E-state index contributed by atoms with van der Waals surface area (Å²) in [5.74, 6) is 1.94. The van der Waals surface area contributed by atoms with Crippen LogP contribution < -0.4 is 10.5 Å². The first-order valence-electron chi connectivity index (χ1n) is 5.04. The van der Waals surface area contributed by atoms with Gasteiger partial charge in [0.2, 0.25) is 0 Å². The first-order valence-corrected chi connectivity index (χ1v) is 5.92. The van der Waals surface area contributed by atoms with Crippen LogP contribution in [0.25, 0.3) is 10.2 Å². The van der Waals surface area contributed by atoms with Crippen LogP contribution in [0.3, 0.4) is 0 Å². The van der Waals surface area contributed by atoms with Crippen LogP contribution in [-0.4, -0.2) is 9.97 Å². The standard InChI is InChI=1S/C12H9N3OS/c13-11-2-1-8(7-15-11)16-10-3-5-14-9-4-6-17-12(9)10/h1-7H,(H2,13,15). The maximum atomic E-state index is 5.76. The van der Waals surface area contributed by atoms with Crippen LogP contribution in [0.15, 0.2) is 42.0 Å². The molecule has 84 valence electrons. The maximum absolute atomic E-state index is 5.76. The largest absolute Gasteiger partial charge is 0.454 e. The maximum Gasteiger partial charge on any atom is 0.148 e. The summed E-state index contributed by atoms with van der Waals surface area (Å²) < 4.78 is 6.79. The molecule has 0 amide bonds. The second kappa shape index (κ2) is 4.03. The lowest BCUT2D eigenvalue weighted by Gasteiger charge is -2.05. The Balaban J connectivity index is 1.99. The van der Waals surface area contributed by atoms with Gasteiger partial charge < -0.3 is 10.5 Å². The Morgan fingerprint density at radius 1 is 1.12 bits per heavy atom. The number of thiophene rings is 1. The van der Waals surface area contributed by atoms with Gasteiger partial charge in [-0.25, -0.2) is 4.98 Å². The molecular formula is C12H9N3OS. The number of hydrogen-bond donors (Lipinski definition) is 1. The number of nitrogens with zero attached hydrogens (tertiary/aromatic N) is 2. The second-order valence-corrected chi connectivity index (χ2v) is 4.38. The van der Waals surface area contributed by atoms with E-state index in [1.54, 1.807) is 35.9 Å². The minimum Gasteiger partial charge on any atom is -0.454 e. The van der Waals surface area contributed by atoms with Crippen molar-refractivity contribution in [2.24, 2.45) is 0 Å². The van der Waals surface area contributed by atoms with Gasteiger partial charge >= 0.3 is 0 Å². The van der Waals surface area contributed by atoms with Crippen molar-refractivity contribution in [2.75, 3.05) is 5.73 Å². The molecule has 0 radical (unpaired) electrons. The van der Waals surface area contributed by atoms with Gasteiger partial charge in [0.1, 0.15) is 17.3 Å². The molecule has 0 fully saturated rings. The van der Waals surface area contributed by atoms with Gasteiger partial charge in [-0.3, -0.25) is 4.98 Å². The predicted octanol–water partition coefficient (Wildman–Crippen LogP) is 3.07. The molecule has 0 aliphatic carbocycles. The van der Waals surface area contributed by atoms with Crippen LogP contribution in [0.1, 0.15) is 0 Å². The molecule has 0 saturated heterocycles. The van der Waals surface area contributed by atoms with Crippen molar-refractivity contribution in [3.05, 3.63) is 42.0 Å². The van der Waals surface area contributed by atoms with Crippen molar-refractivity contribution in [1.29, 1.82) is 0 Å². The van der Waals surface area contributed by atoms with Crippen LogP contribution >= 0.6 is 11.3 Å². The van der Waals surface area contributed by atoms with Gasteiger partial charge in [0.15, 0.2) is 0 Å². The van der Waals surface area contributed by atoms with Crippen LogP contribution in [0.5, 0.6) is 11.5 Å². The lowest BCUT2D eigenvalue weighted by atomic mass is 10.3. The summed E-state index contributed by atoms with van der Waals surface area (Å²) in [5, 5.41) is 1.99. The van der Waals surface area contributed by atoms with Crippen molar-refractivity contribution >= 4 is 27.4 Å². The smallest absolute Gasteiger partial charge is 0.148 e. The number of ether oxygens (including phenoxy) is 1. The molecule has 0 unspecified atom stereocenters. The molecule has 0 aliphatic rings. The van der Waals surface area contributed by atoms with Crippen molar-refractivity contribution in [3.8, 4) is 11.5 Å². The Labute approximate surface area is 102 Å². The monoisotopic (exact) mass is 243 g/mol. The summed E-state index contributed by atoms with van der Waals surface area (Å²) in [5.41, 5.74) is 6.46. The normalized spacial score (nSPS) is 10.6. The predicted molar refractivity (Wildman–Crippen MR) is 68.3 cm³/mol. The third kappa shape index (κ3) is 1.92. The molecule has 0 aromatic carbocycles. The number of hydrogen-bond acceptors (Lipinski definition) is 5. The van der Waals surface area contributed by atoms with E-state index in [1.807, 2.05) is 17.5 Å². The van der Waals surface area contributed by atoms with Crippen LogP contribution in [0, 0.1) is 0 Å². The zero-order valence-corrected chi connectivity index (χ0v) is 9.65. The Hall–Kier alpha value is -2.14. The SMILES string of the molecule is Nc1ccc(Oc2ccnc3ccsc23)cn1. The molecule has 3 aromatic rings. The molecule has 3 heterocycles. The number of aromatic nitrogens is 2. The van der Waals surface area contributed by atoms with Crippen molar-refractivity contribution in [2.45, 2.75) is 0 Å². The van der Waals surface area contributed by atoms with E-state index >= 15 is 0 Å². The van der Waals surface area contributed by atoms with E-state index in [-0.39, 0.29) is 0 Å². The average molecular weight is 243 g/mol. The highest BCUT2D eigenvalue weighted by molar-refractivity contribution is 7.17. The molecule has 0 spiro atoms. The van der Waals surface area contributed by atoms with Gasteiger partial charge in [-0.05, 0) is 23.6 Å². The van der Waals surface area contributed by atoms with E-state index < -0.39 is 0 Å². The van der Waals surface area contributed by atoms with Gasteiger partial charge in [-0.2, -0.15) is 0 Å². The third-order valence-electron chi connectivity index (χ3n) is 2.29. The number of pyridine rings is 2. The molecule has 3 rings (SSSR count). The number of nitrogen functional groups attached to an aromatic ring is 1. The molecule has 5 heteroatoms. The third-order valence-corrected chi connectivity index (χ3v) is 3.21. The van der Waals surface area contributed by atoms with E-state index in [9.17, 15) is 0 Å². The highest BCUT2D eigenvalue weighted by Crippen LogP contribution is 2.32. The Bertz CT molecular complexity index is 648. The molecule has 0 saturated carbocycles. The van der Waals surface area contributed by atoms with E-state index in [0.29, 0.717) is 11.6 Å². The topological polar surface area (TPSA) is 61.0 Å². The first-order chi connectivity index (χ1) is 8.33. The van der Waals surface area contributed by atoms with Gasteiger partial charge in [-0.1, -0.05) is 0 Å². The molecule has 4 nitrogen and oxygen atoms in total. The number of anilines is 1. The van der Waals surface area contributed by atoms with E-state index in [2.05, 4.69) is 9.97 Å². The first kappa shape index (κ1) is 10.0. The zero-order chi connectivity index (χ0) is 11.7. The van der Waals surface area contributed by atoms with Gasteiger partial charge in [-0.15, -0.1) is 11.3 Å². The van der Waals surface area contributed by atoms with E-state index in [1.165, 1.54) is 0 Å².